The van der Waals surface area contributed by atoms with Gasteiger partial charge in [-0.05, 0) is 36.6 Å². The van der Waals surface area contributed by atoms with Crippen LogP contribution in [0.15, 0.2) is 48.8 Å². The number of carbonyl (C=O) groups is 1. The Morgan fingerprint density at radius 1 is 1.27 bits per heavy atom. The largest absolute Gasteiger partial charge is 0.385 e. The van der Waals surface area contributed by atoms with Crippen molar-refractivity contribution >= 4 is 22.5 Å². The molecule has 0 aliphatic heterocycles. The lowest BCUT2D eigenvalue weighted by Crippen LogP contribution is -2.28. The lowest BCUT2D eigenvalue weighted by atomic mass is 10.1. The van der Waals surface area contributed by atoms with Gasteiger partial charge in [0.2, 0.25) is 0 Å². The van der Waals surface area contributed by atoms with Crippen molar-refractivity contribution in [3.05, 3.63) is 60.0 Å². The number of aromatic nitrogens is 2. The first-order chi connectivity index (χ1) is 12.7. The van der Waals surface area contributed by atoms with Crippen LogP contribution in [0.4, 0.5) is 5.69 Å². The number of aromatic amines is 1. The first-order valence-corrected chi connectivity index (χ1v) is 9.19. The van der Waals surface area contributed by atoms with Crippen LogP contribution < -0.4 is 5.32 Å². The molecule has 0 aliphatic rings. The Kier molecular flexibility index (Phi) is 5.89. The SMILES string of the molecule is CCCCN(C)C(=O)c1cc(NCCc2c[nH]c3ccccc23)ccn1. The van der Waals surface area contributed by atoms with Gasteiger partial charge in [0.05, 0.1) is 0 Å². The Morgan fingerprint density at radius 3 is 2.96 bits per heavy atom. The predicted octanol–water partition coefficient (Wildman–Crippen LogP) is 4.09. The maximum Gasteiger partial charge on any atom is 0.272 e. The quantitative estimate of drug-likeness (QED) is 0.643. The molecule has 1 amide bonds. The number of pyridine rings is 1. The maximum absolute atomic E-state index is 12.4. The van der Waals surface area contributed by atoms with Gasteiger partial charge in [-0.1, -0.05) is 31.5 Å². The molecule has 2 N–H and O–H groups in total. The molecule has 0 unspecified atom stereocenters. The second-order valence-electron chi connectivity index (χ2n) is 6.55. The first-order valence-electron chi connectivity index (χ1n) is 9.19. The summed E-state index contributed by atoms with van der Waals surface area (Å²) in [5, 5.41) is 4.66. The highest BCUT2D eigenvalue weighted by molar-refractivity contribution is 5.93. The molecule has 136 valence electrons. The van der Waals surface area contributed by atoms with Gasteiger partial charge in [-0.15, -0.1) is 0 Å². The smallest absolute Gasteiger partial charge is 0.272 e. The molecule has 0 bridgehead atoms. The fourth-order valence-electron chi connectivity index (χ4n) is 3.03. The average Bonchev–Trinajstić information content (AvgIpc) is 3.09. The minimum atomic E-state index is -0.0290. The number of hydrogen-bond donors (Lipinski definition) is 2. The molecule has 0 radical (unpaired) electrons. The fourth-order valence-corrected chi connectivity index (χ4v) is 3.03. The topological polar surface area (TPSA) is 61.0 Å². The van der Waals surface area contributed by atoms with Crippen molar-refractivity contribution in [2.24, 2.45) is 0 Å². The molecule has 0 spiro atoms. The molecular weight excluding hydrogens is 324 g/mol. The molecular formula is C21H26N4O. The van der Waals surface area contributed by atoms with E-state index in [-0.39, 0.29) is 5.91 Å². The van der Waals surface area contributed by atoms with Crippen molar-refractivity contribution in [1.29, 1.82) is 0 Å². The van der Waals surface area contributed by atoms with Crippen LogP contribution in [0.1, 0.15) is 35.8 Å². The molecule has 1 aromatic carbocycles. The van der Waals surface area contributed by atoms with Crippen LogP contribution >= 0.6 is 0 Å². The molecule has 0 aliphatic carbocycles. The highest BCUT2D eigenvalue weighted by Crippen LogP contribution is 2.18. The molecule has 0 saturated carbocycles. The van der Waals surface area contributed by atoms with Gasteiger partial charge in [0.15, 0.2) is 0 Å². The zero-order valence-electron chi connectivity index (χ0n) is 15.5. The molecule has 3 rings (SSSR count). The lowest BCUT2D eigenvalue weighted by Gasteiger charge is -2.16. The van der Waals surface area contributed by atoms with Gasteiger partial charge in [0, 0.05) is 49.1 Å². The second-order valence-corrected chi connectivity index (χ2v) is 6.55. The normalized spacial score (nSPS) is 10.8. The van der Waals surface area contributed by atoms with E-state index in [2.05, 4.69) is 46.6 Å². The van der Waals surface area contributed by atoms with E-state index in [0.29, 0.717) is 5.69 Å². The summed E-state index contributed by atoms with van der Waals surface area (Å²) in [6.45, 7) is 3.68. The fraction of sp³-hybridized carbons (Fsp3) is 0.333. The summed E-state index contributed by atoms with van der Waals surface area (Å²) >= 11 is 0. The lowest BCUT2D eigenvalue weighted by molar-refractivity contribution is 0.0787. The van der Waals surface area contributed by atoms with Crippen LogP contribution in [0.3, 0.4) is 0 Å². The molecule has 5 heteroatoms. The number of benzene rings is 1. The summed E-state index contributed by atoms with van der Waals surface area (Å²) < 4.78 is 0. The van der Waals surface area contributed by atoms with E-state index in [1.54, 1.807) is 11.1 Å². The third kappa shape index (κ3) is 4.23. The first kappa shape index (κ1) is 18.0. The number of nitrogens with zero attached hydrogens (tertiary/aromatic N) is 2. The van der Waals surface area contributed by atoms with E-state index in [0.717, 1.165) is 43.6 Å². The Balaban J connectivity index is 1.59. The van der Waals surface area contributed by atoms with Crippen molar-refractivity contribution in [1.82, 2.24) is 14.9 Å². The van der Waals surface area contributed by atoms with E-state index in [1.807, 2.05) is 25.2 Å². The van der Waals surface area contributed by atoms with Crippen molar-refractivity contribution in [3.8, 4) is 0 Å². The number of unbranched alkanes of at least 4 members (excludes halogenated alkanes) is 1. The molecule has 3 aromatic rings. The van der Waals surface area contributed by atoms with Gasteiger partial charge in [-0.25, -0.2) is 0 Å². The van der Waals surface area contributed by atoms with Gasteiger partial charge >= 0.3 is 0 Å². The minimum Gasteiger partial charge on any atom is -0.385 e. The number of amides is 1. The van der Waals surface area contributed by atoms with Crippen LogP contribution in [0, 0.1) is 0 Å². The van der Waals surface area contributed by atoms with Crippen molar-refractivity contribution in [3.63, 3.8) is 0 Å². The molecule has 0 saturated heterocycles. The highest BCUT2D eigenvalue weighted by atomic mass is 16.2. The monoisotopic (exact) mass is 350 g/mol. The Bertz CT molecular complexity index is 871. The number of nitrogens with one attached hydrogen (secondary N) is 2. The molecule has 0 atom stereocenters. The summed E-state index contributed by atoms with van der Waals surface area (Å²) in [5.74, 6) is -0.0290. The summed E-state index contributed by atoms with van der Waals surface area (Å²) in [4.78, 5) is 21.7. The standard InChI is InChI=1S/C21H26N4O/c1-3-4-13-25(2)21(26)20-14-17(10-12-23-20)22-11-9-16-15-24-19-8-6-5-7-18(16)19/h5-8,10,12,14-15,24H,3-4,9,11,13H2,1-2H3,(H,22,23). The number of anilines is 1. The Labute approximate surface area is 154 Å². The van der Waals surface area contributed by atoms with E-state index in [4.69, 9.17) is 0 Å². The summed E-state index contributed by atoms with van der Waals surface area (Å²) in [6.07, 6.45) is 6.74. The van der Waals surface area contributed by atoms with Gasteiger partial charge in [-0.2, -0.15) is 0 Å². The van der Waals surface area contributed by atoms with Crippen LogP contribution in [0.2, 0.25) is 0 Å². The van der Waals surface area contributed by atoms with Gasteiger partial charge in [0.1, 0.15) is 5.69 Å². The van der Waals surface area contributed by atoms with E-state index >= 15 is 0 Å². The third-order valence-corrected chi connectivity index (χ3v) is 4.57. The zero-order chi connectivity index (χ0) is 18.4. The van der Waals surface area contributed by atoms with Crippen molar-refractivity contribution < 1.29 is 4.79 Å². The summed E-state index contributed by atoms with van der Waals surface area (Å²) in [5.41, 5.74) is 3.86. The minimum absolute atomic E-state index is 0.0290. The number of carbonyl (C=O) groups excluding carboxylic acids is 1. The highest BCUT2D eigenvalue weighted by Gasteiger charge is 2.13. The number of para-hydroxylation sites is 1. The number of H-pyrrole nitrogens is 1. The third-order valence-electron chi connectivity index (χ3n) is 4.57. The Morgan fingerprint density at radius 2 is 2.12 bits per heavy atom. The zero-order valence-corrected chi connectivity index (χ0v) is 15.5. The van der Waals surface area contributed by atoms with Crippen LogP contribution in [-0.2, 0) is 6.42 Å². The van der Waals surface area contributed by atoms with Gasteiger partial charge < -0.3 is 15.2 Å². The van der Waals surface area contributed by atoms with Gasteiger partial charge in [-0.3, -0.25) is 9.78 Å². The van der Waals surface area contributed by atoms with Crippen LogP contribution in [0.5, 0.6) is 0 Å². The molecule has 2 heterocycles. The molecule has 2 aromatic heterocycles. The molecule has 0 fully saturated rings. The predicted molar refractivity (Wildman–Crippen MR) is 107 cm³/mol. The number of hydrogen-bond acceptors (Lipinski definition) is 3. The van der Waals surface area contributed by atoms with E-state index < -0.39 is 0 Å². The average molecular weight is 350 g/mol. The maximum atomic E-state index is 12.4. The second kappa shape index (κ2) is 8.52. The van der Waals surface area contributed by atoms with Crippen molar-refractivity contribution in [2.75, 3.05) is 25.5 Å². The van der Waals surface area contributed by atoms with E-state index in [1.165, 1.54) is 10.9 Å². The van der Waals surface area contributed by atoms with Gasteiger partial charge in [0.25, 0.3) is 5.91 Å². The molecule has 26 heavy (non-hydrogen) atoms. The van der Waals surface area contributed by atoms with Crippen molar-refractivity contribution in [2.45, 2.75) is 26.2 Å². The Hall–Kier alpha value is -2.82. The van der Waals surface area contributed by atoms with Crippen LogP contribution in [-0.4, -0.2) is 40.9 Å². The van der Waals surface area contributed by atoms with E-state index in [9.17, 15) is 4.79 Å². The van der Waals surface area contributed by atoms with Crippen LogP contribution in [0.25, 0.3) is 10.9 Å². The summed E-state index contributed by atoms with van der Waals surface area (Å²) in [7, 11) is 1.83. The summed E-state index contributed by atoms with van der Waals surface area (Å²) in [6, 6.07) is 12.0. The number of fused-ring (bicyclic) bond motifs is 1. The molecule has 5 nitrogen and oxygen atoms in total. The number of rotatable bonds is 8.